The first kappa shape index (κ1) is 18.3. The van der Waals surface area contributed by atoms with E-state index in [1.807, 2.05) is 55.5 Å². The molecule has 4 rings (SSSR count). The number of nitrogens with zero attached hydrogens (tertiary/aromatic N) is 1. The first-order chi connectivity index (χ1) is 13.6. The van der Waals surface area contributed by atoms with Gasteiger partial charge < -0.3 is 9.72 Å². The molecule has 0 atom stereocenters. The number of imidazole rings is 1. The third kappa shape index (κ3) is 4.07. The number of ether oxygens (including phenoxy) is 1. The lowest BCUT2D eigenvalue weighted by molar-refractivity contribution is 0.304. The Balaban J connectivity index is 1.51. The number of hydrogen-bond acceptors (Lipinski definition) is 2. The SMILES string of the molecule is Cc1cc(-c2cnc(-c3cccc(F)c3)[nH]2)ccc1OCc1ccc(Cl)cc1. The summed E-state index contributed by atoms with van der Waals surface area (Å²) in [6.45, 7) is 2.48. The molecule has 1 heterocycles. The zero-order valence-electron chi connectivity index (χ0n) is 15.2. The van der Waals surface area contributed by atoms with Crippen molar-refractivity contribution in [2.75, 3.05) is 0 Å². The van der Waals surface area contributed by atoms with E-state index < -0.39 is 0 Å². The van der Waals surface area contributed by atoms with Gasteiger partial charge in [0.15, 0.2) is 0 Å². The smallest absolute Gasteiger partial charge is 0.137 e. The maximum atomic E-state index is 13.4. The van der Waals surface area contributed by atoms with Crippen LogP contribution in [0.3, 0.4) is 0 Å². The summed E-state index contributed by atoms with van der Waals surface area (Å²) in [4.78, 5) is 7.63. The molecule has 0 amide bonds. The van der Waals surface area contributed by atoms with Gasteiger partial charge in [0.05, 0.1) is 11.9 Å². The number of benzene rings is 3. The predicted octanol–water partition coefficient (Wildman–Crippen LogP) is 6.42. The summed E-state index contributed by atoms with van der Waals surface area (Å²) in [5.41, 5.74) is 4.65. The normalized spacial score (nSPS) is 10.8. The summed E-state index contributed by atoms with van der Waals surface area (Å²) >= 11 is 5.91. The van der Waals surface area contributed by atoms with Crippen molar-refractivity contribution in [3.63, 3.8) is 0 Å². The molecule has 0 aliphatic heterocycles. The van der Waals surface area contributed by atoms with Gasteiger partial charge in [-0.3, -0.25) is 0 Å². The highest BCUT2D eigenvalue weighted by Gasteiger charge is 2.09. The third-order valence-corrected chi connectivity index (χ3v) is 4.72. The number of halogens is 2. The Kier molecular flexibility index (Phi) is 5.13. The summed E-state index contributed by atoms with van der Waals surface area (Å²) in [7, 11) is 0. The van der Waals surface area contributed by atoms with Crippen molar-refractivity contribution in [2.24, 2.45) is 0 Å². The molecule has 140 valence electrons. The molecule has 0 saturated heterocycles. The average Bonchev–Trinajstić information content (AvgIpc) is 3.19. The minimum absolute atomic E-state index is 0.284. The Hall–Kier alpha value is -3.11. The van der Waals surface area contributed by atoms with Gasteiger partial charge in [-0.15, -0.1) is 0 Å². The maximum absolute atomic E-state index is 13.4. The van der Waals surface area contributed by atoms with Crippen molar-refractivity contribution in [1.82, 2.24) is 9.97 Å². The van der Waals surface area contributed by atoms with Crippen LogP contribution < -0.4 is 4.74 Å². The quantitative estimate of drug-likeness (QED) is 0.425. The second-order valence-electron chi connectivity index (χ2n) is 6.55. The molecule has 3 aromatic carbocycles. The van der Waals surface area contributed by atoms with Crippen LogP contribution >= 0.6 is 11.6 Å². The second kappa shape index (κ2) is 7.87. The Morgan fingerprint density at radius 1 is 1.00 bits per heavy atom. The van der Waals surface area contributed by atoms with Gasteiger partial charge in [-0.25, -0.2) is 9.37 Å². The van der Waals surface area contributed by atoms with Gasteiger partial charge in [0.2, 0.25) is 0 Å². The lowest BCUT2D eigenvalue weighted by Crippen LogP contribution is -1.97. The molecule has 0 radical (unpaired) electrons. The summed E-state index contributed by atoms with van der Waals surface area (Å²) in [5.74, 6) is 1.17. The van der Waals surface area contributed by atoms with E-state index in [0.717, 1.165) is 28.1 Å². The maximum Gasteiger partial charge on any atom is 0.137 e. The zero-order chi connectivity index (χ0) is 19.5. The number of nitrogens with one attached hydrogen (secondary N) is 1. The van der Waals surface area contributed by atoms with Crippen molar-refractivity contribution in [2.45, 2.75) is 13.5 Å². The van der Waals surface area contributed by atoms with Crippen LogP contribution in [0.1, 0.15) is 11.1 Å². The third-order valence-electron chi connectivity index (χ3n) is 4.47. The summed E-state index contributed by atoms with van der Waals surface area (Å²) in [6, 6.07) is 19.9. The Bertz CT molecular complexity index is 1110. The van der Waals surface area contributed by atoms with E-state index in [1.54, 1.807) is 12.3 Å². The van der Waals surface area contributed by atoms with Crippen LogP contribution in [0.5, 0.6) is 5.75 Å². The summed E-state index contributed by atoms with van der Waals surface area (Å²) in [5, 5.41) is 0.710. The first-order valence-electron chi connectivity index (χ1n) is 8.88. The summed E-state index contributed by atoms with van der Waals surface area (Å²) in [6.07, 6.45) is 1.75. The van der Waals surface area contributed by atoms with Crippen molar-refractivity contribution in [1.29, 1.82) is 0 Å². The van der Waals surface area contributed by atoms with E-state index in [0.29, 0.717) is 23.0 Å². The number of aromatic nitrogens is 2. The lowest BCUT2D eigenvalue weighted by Gasteiger charge is -2.10. The predicted molar refractivity (Wildman–Crippen MR) is 110 cm³/mol. The Labute approximate surface area is 167 Å². The average molecular weight is 393 g/mol. The molecular weight excluding hydrogens is 375 g/mol. The molecule has 0 aliphatic rings. The van der Waals surface area contributed by atoms with E-state index in [2.05, 4.69) is 9.97 Å². The largest absolute Gasteiger partial charge is 0.489 e. The van der Waals surface area contributed by atoms with Crippen LogP contribution in [0.2, 0.25) is 5.02 Å². The standard InChI is InChI=1S/C23H18ClFN2O/c1-15-11-17(7-10-22(15)28-14-16-5-8-19(24)9-6-16)21-13-26-23(27-21)18-3-2-4-20(25)12-18/h2-13H,14H2,1H3,(H,26,27). The number of hydrogen-bond donors (Lipinski definition) is 1. The van der Waals surface area contributed by atoms with Crippen LogP contribution in [0.4, 0.5) is 4.39 Å². The number of aryl methyl sites for hydroxylation is 1. The molecule has 1 N–H and O–H groups in total. The number of rotatable bonds is 5. The van der Waals surface area contributed by atoms with E-state index >= 15 is 0 Å². The molecule has 28 heavy (non-hydrogen) atoms. The van der Waals surface area contributed by atoms with Crippen molar-refractivity contribution in [3.8, 4) is 28.4 Å². The highest BCUT2D eigenvalue weighted by atomic mass is 35.5. The monoisotopic (exact) mass is 392 g/mol. The first-order valence-corrected chi connectivity index (χ1v) is 9.25. The molecule has 3 nitrogen and oxygen atoms in total. The Morgan fingerprint density at radius 3 is 2.57 bits per heavy atom. The van der Waals surface area contributed by atoms with Crippen molar-refractivity contribution >= 4 is 11.6 Å². The van der Waals surface area contributed by atoms with E-state index in [9.17, 15) is 4.39 Å². The van der Waals surface area contributed by atoms with Gasteiger partial charge >= 0.3 is 0 Å². The van der Waals surface area contributed by atoms with Gasteiger partial charge in [-0.05, 0) is 60.5 Å². The van der Waals surface area contributed by atoms with Gasteiger partial charge in [0, 0.05) is 16.1 Å². The van der Waals surface area contributed by atoms with E-state index in [-0.39, 0.29) is 5.82 Å². The lowest BCUT2D eigenvalue weighted by atomic mass is 10.1. The number of aromatic amines is 1. The molecule has 5 heteroatoms. The highest BCUT2D eigenvalue weighted by Crippen LogP contribution is 2.28. The molecule has 0 saturated carbocycles. The van der Waals surface area contributed by atoms with Crippen LogP contribution in [-0.4, -0.2) is 9.97 Å². The molecule has 0 unspecified atom stereocenters. The minimum atomic E-state index is -0.284. The molecule has 1 aromatic heterocycles. The van der Waals surface area contributed by atoms with Gasteiger partial charge in [0.1, 0.15) is 24.0 Å². The number of H-pyrrole nitrogens is 1. The van der Waals surface area contributed by atoms with Gasteiger partial charge in [-0.1, -0.05) is 35.9 Å². The fraction of sp³-hybridized carbons (Fsp3) is 0.0870. The molecule has 0 spiro atoms. The molecular formula is C23H18ClFN2O. The van der Waals surface area contributed by atoms with Crippen LogP contribution in [0, 0.1) is 12.7 Å². The van der Waals surface area contributed by atoms with Crippen LogP contribution in [-0.2, 0) is 6.61 Å². The van der Waals surface area contributed by atoms with Crippen LogP contribution in [0.25, 0.3) is 22.6 Å². The zero-order valence-corrected chi connectivity index (χ0v) is 16.0. The Morgan fingerprint density at radius 2 is 1.82 bits per heavy atom. The topological polar surface area (TPSA) is 37.9 Å². The van der Waals surface area contributed by atoms with E-state index in [1.165, 1.54) is 12.1 Å². The molecule has 0 bridgehead atoms. The minimum Gasteiger partial charge on any atom is -0.489 e. The molecule has 0 aliphatic carbocycles. The highest BCUT2D eigenvalue weighted by molar-refractivity contribution is 6.30. The van der Waals surface area contributed by atoms with Crippen molar-refractivity contribution in [3.05, 3.63) is 94.9 Å². The fourth-order valence-corrected chi connectivity index (χ4v) is 3.10. The van der Waals surface area contributed by atoms with Gasteiger partial charge in [-0.2, -0.15) is 0 Å². The molecule has 0 fully saturated rings. The van der Waals surface area contributed by atoms with Crippen LogP contribution in [0.15, 0.2) is 72.9 Å². The molecule has 4 aromatic rings. The summed E-state index contributed by atoms with van der Waals surface area (Å²) < 4.78 is 19.4. The van der Waals surface area contributed by atoms with Crippen molar-refractivity contribution < 1.29 is 9.13 Å². The fourth-order valence-electron chi connectivity index (χ4n) is 2.97. The second-order valence-corrected chi connectivity index (χ2v) is 6.99. The van der Waals surface area contributed by atoms with E-state index in [4.69, 9.17) is 16.3 Å². The van der Waals surface area contributed by atoms with Gasteiger partial charge in [0.25, 0.3) is 0 Å².